The van der Waals surface area contributed by atoms with Crippen LogP contribution in [0.15, 0.2) is 18.5 Å². The zero-order valence-electron chi connectivity index (χ0n) is 7.53. The summed E-state index contributed by atoms with van der Waals surface area (Å²) < 4.78 is 3.17. The standard InChI is InChI=1S/C9H10IN3/c1-6(2)7-8(10)13-5-3-4-11-9(13)12-7/h3-6H,1-2H3. The molecule has 0 N–H and O–H groups in total. The Morgan fingerprint density at radius 1 is 1.46 bits per heavy atom. The van der Waals surface area contributed by atoms with Gasteiger partial charge in [0.15, 0.2) is 0 Å². The van der Waals surface area contributed by atoms with Gasteiger partial charge in [0, 0.05) is 12.4 Å². The summed E-state index contributed by atoms with van der Waals surface area (Å²) in [5.41, 5.74) is 1.12. The van der Waals surface area contributed by atoms with Crippen LogP contribution in [-0.4, -0.2) is 14.4 Å². The highest BCUT2D eigenvalue weighted by molar-refractivity contribution is 14.1. The lowest BCUT2D eigenvalue weighted by atomic mass is 10.2. The van der Waals surface area contributed by atoms with E-state index >= 15 is 0 Å². The third kappa shape index (κ3) is 1.43. The minimum atomic E-state index is 0.452. The fourth-order valence-electron chi connectivity index (χ4n) is 1.24. The number of hydrogen-bond acceptors (Lipinski definition) is 2. The Balaban J connectivity index is 2.74. The van der Waals surface area contributed by atoms with Gasteiger partial charge in [0.2, 0.25) is 5.78 Å². The molecular formula is C9H10IN3. The second-order valence-electron chi connectivity index (χ2n) is 3.23. The Kier molecular flexibility index (Phi) is 2.23. The summed E-state index contributed by atoms with van der Waals surface area (Å²) in [4.78, 5) is 8.65. The highest BCUT2D eigenvalue weighted by atomic mass is 127. The largest absolute Gasteiger partial charge is 0.278 e. The Labute approximate surface area is 90.3 Å². The number of nitrogens with zero attached hydrogens (tertiary/aromatic N) is 3. The maximum Gasteiger partial charge on any atom is 0.234 e. The zero-order valence-corrected chi connectivity index (χ0v) is 9.69. The molecular weight excluding hydrogens is 277 g/mol. The zero-order chi connectivity index (χ0) is 9.42. The lowest BCUT2D eigenvalue weighted by Crippen LogP contribution is -1.91. The van der Waals surface area contributed by atoms with Crippen LogP contribution in [0, 0.1) is 3.70 Å². The molecule has 0 saturated heterocycles. The summed E-state index contributed by atoms with van der Waals surface area (Å²) in [6, 6.07) is 1.92. The lowest BCUT2D eigenvalue weighted by Gasteiger charge is -1.98. The van der Waals surface area contributed by atoms with Crippen molar-refractivity contribution in [1.29, 1.82) is 0 Å². The second kappa shape index (κ2) is 3.25. The highest BCUT2D eigenvalue weighted by Crippen LogP contribution is 2.20. The van der Waals surface area contributed by atoms with Crippen LogP contribution in [0.2, 0.25) is 0 Å². The predicted molar refractivity (Wildman–Crippen MR) is 59.8 cm³/mol. The Bertz CT molecular complexity index is 433. The van der Waals surface area contributed by atoms with Crippen LogP contribution in [0.3, 0.4) is 0 Å². The number of fused-ring (bicyclic) bond motifs is 1. The van der Waals surface area contributed by atoms with Crippen LogP contribution in [0.25, 0.3) is 5.78 Å². The molecule has 0 aromatic carbocycles. The van der Waals surface area contributed by atoms with Crippen molar-refractivity contribution in [3.8, 4) is 0 Å². The molecule has 0 atom stereocenters. The summed E-state index contributed by atoms with van der Waals surface area (Å²) >= 11 is 2.31. The average molecular weight is 287 g/mol. The minimum absolute atomic E-state index is 0.452. The molecule has 4 heteroatoms. The first-order chi connectivity index (χ1) is 6.20. The van der Waals surface area contributed by atoms with E-state index in [-0.39, 0.29) is 0 Å². The third-order valence-corrected chi connectivity index (χ3v) is 2.99. The van der Waals surface area contributed by atoms with Crippen LogP contribution in [-0.2, 0) is 0 Å². The summed E-state index contributed by atoms with van der Waals surface area (Å²) in [5, 5.41) is 0. The van der Waals surface area contributed by atoms with Gasteiger partial charge < -0.3 is 0 Å². The molecule has 0 radical (unpaired) electrons. The summed E-state index contributed by atoms with van der Waals surface area (Å²) in [6.07, 6.45) is 3.76. The monoisotopic (exact) mass is 287 g/mol. The van der Waals surface area contributed by atoms with Gasteiger partial charge in [0.25, 0.3) is 0 Å². The van der Waals surface area contributed by atoms with E-state index in [9.17, 15) is 0 Å². The maximum atomic E-state index is 4.46. The molecule has 0 unspecified atom stereocenters. The van der Waals surface area contributed by atoms with Gasteiger partial charge >= 0.3 is 0 Å². The lowest BCUT2D eigenvalue weighted by molar-refractivity contribution is 0.825. The molecule has 0 amide bonds. The number of hydrogen-bond donors (Lipinski definition) is 0. The first-order valence-electron chi connectivity index (χ1n) is 4.18. The maximum absolute atomic E-state index is 4.46. The smallest absolute Gasteiger partial charge is 0.234 e. The molecule has 2 aromatic rings. The van der Waals surface area contributed by atoms with E-state index in [2.05, 4.69) is 46.4 Å². The fraction of sp³-hybridized carbons (Fsp3) is 0.333. The van der Waals surface area contributed by atoms with Gasteiger partial charge in [0.1, 0.15) is 3.70 Å². The van der Waals surface area contributed by atoms with Gasteiger partial charge in [-0.05, 0) is 34.6 Å². The molecule has 2 heterocycles. The van der Waals surface area contributed by atoms with Crippen molar-refractivity contribution in [2.75, 3.05) is 0 Å². The van der Waals surface area contributed by atoms with E-state index < -0.39 is 0 Å². The summed E-state index contributed by atoms with van der Waals surface area (Å²) in [5.74, 6) is 1.24. The van der Waals surface area contributed by atoms with Gasteiger partial charge in [0.05, 0.1) is 5.69 Å². The van der Waals surface area contributed by atoms with E-state index in [4.69, 9.17) is 0 Å². The van der Waals surface area contributed by atoms with Crippen molar-refractivity contribution in [1.82, 2.24) is 14.4 Å². The molecule has 0 aliphatic heterocycles. The van der Waals surface area contributed by atoms with Gasteiger partial charge in [-0.3, -0.25) is 4.40 Å². The molecule has 0 saturated carbocycles. The Hall–Kier alpha value is -0.650. The SMILES string of the molecule is CC(C)c1nc2ncccn2c1I. The normalized spacial score (nSPS) is 11.4. The third-order valence-electron chi connectivity index (χ3n) is 1.92. The Morgan fingerprint density at radius 3 is 2.85 bits per heavy atom. The van der Waals surface area contributed by atoms with Crippen molar-refractivity contribution in [3.05, 3.63) is 27.9 Å². The number of imidazole rings is 1. The second-order valence-corrected chi connectivity index (χ2v) is 4.25. The minimum Gasteiger partial charge on any atom is -0.278 e. The number of aromatic nitrogens is 3. The molecule has 13 heavy (non-hydrogen) atoms. The topological polar surface area (TPSA) is 30.2 Å². The van der Waals surface area contributed by atoms with Crippen LogP contribution in [0.5, 0.6) is 0 Å². The van der Waals surface area contributed by atoms with E-state index in [1.54, 1.807) is 6.20 Å². The first kappa shape index (κ1) is 8.93. The Morgan fingerprint density at radius 2 is 2.23 bits per heavy atom. The predicted octanol–water partition coefficient (Wildman–Crippen LogP) is 2.46. The number of rotatable bonds is 1. The van der Waals surface area contributed by atoms with E-state index in [0.29, 0.717) is 5.92 Å². The summed E-state index contributed by atoms with van der Waals surface area (Å²) in [6.45, 7) is 4.29. The van der Waals surface area contributed by atoms with Crippen molar-refractivity contribution in [2.24, 2.45) is 0 Å². The van der Waals surface area contributed by atoms with E-state index in [1.807, 2.05) is 16.7 Å². The van der Waals surface area contributed by atoms with Crippen molar-refractivity contribution < 1.29 is 0 Å². The first-order valence-corrected chi connectivity index (χ1v) is 5.26. The van der Waals surface area contributed by atoms with E-state index in [0.717, 1.165) is 15.2 Å². The van der Waals surface area contributed by atoms with Crippen LogP contribution in [0.1, 0.15) is 25.5 Å². The van der Waals surface area contributed by atoms with Crippen molar-refractivity contribution in [3.63, 3.8) is 0 Å². The fourth-order valence-corrected chi connectivity index (χ4v) is 2.36. The highest BCUT2D eigenvalue weighted by Gasteiger charge is 2.12. The van der Waals surface area contributed by atoms with Crippen LogP contribution < -0.4 is 0 Å². The van der Waals surface area contributed by atoms with Crippen molar-refractivity contribution in [2.45, 2.75) is 19.8 Å². The number of halogens is 1. The molecule has 3 nitrogen and oxygen atoms in total. The molecule has 68 valence electrons. The van der Waals surface area contributed by atoms with Gasteiger partial charge in [-0.15, -0.1) is 0 Å². The molecule has 0 aliphatic rings. The molecule has 2 aromatic heterocycles. The molecule has 2 rings (SSSR count). The van der Waals surface area contributed by atoms with Gasteiger partial charge in [-0.1, -0.05) is 13.8 Å². The van der Waals surface area contributed by atoms with Crippen LogP contribution >= 0.6 is 22.6 Å². The molecule has 0 bridgehead atoms. The molecule has 0 spiro atoms. The average Bonchev–Trinajstić information content (AvgIpc) is 2.45. The quantitative estimate of drug-likeness (QED) is 0.754. The summed E-state index contributed by atoms with van der Waals surface area (Å²) in [7, 11) is 0. The molecule has 0 fully saturated rings. The van der Waals surface area contributed by atoms with E-state index in [1.165, 1.54) is 0 Å². The van der Waals surface area contributed by atoms with Crippen LogP contribution in [0.4, 0.5) is 0 Å². The van der Waals surface area contributed by atoms with Gasteiger partial charge in [-0.25, -0.2) is 9.97 Å². The molecule has 0 aliphatic carbocycles. The van der Waals surface area contributed by atoms with Crippen molar-refractivity contribution >= 4 is 28.4 Å². The van der Waals surface area contributed by atoms with Gasteiger partial charge in [-0.2, -0.15) is 0 Å².